The first kappa shape index (κ1) is 12.2. The Morgan fingerprint density at radius 1 is 1.33 bits per heavy atom. The summed E-state index contributed by atoms with van der Waals surface area (Å²) in [5, 5.41) is 2.61. The zero-order chi connectivity index (χ0) is 13.1. The first-order valence-corrected chi connectivity index (χ1v) is 5.43. The van der Waals surface area contributed by atoms with Gasteiger partial charge in [-0.2, -0.15) is 0 Å². The number of amides is 1. The minimum absolute atomic E-state index is 0.164. The maximum Gasteiger partial charge on any atom is 0.275 e. The monoisotopic (exact) mass is 245 g/mol. The molecule has 0 atom stereocenters. The molecule has 4 nitrogen and oxygen atoms in total. The van der Waals surface area contributed by atoms with Crippen molar-refractivity contribution in [1.82, 2.24) is 9.97 Å². The molecule has 0 saturated heterocycles. The van der Waals surface area contributed by atoms with E-state index in [4.69, 9.17) is 0 Å². The fourth-order valence-corrected chi connectivity index (χ4v) is 1.46. The third-order valence-corrected chi connectivity index (χ3v) is 2.41. The first-order valence-electron chi connectivity index (χ1n) is 5.43. The number of rotatable bonds is 2. The summed E-state index contributed by atoms with van der Waals surface area (Å²) >= 11 is 0. The number of carbonyl (C=O) groups is 1. The Labute approximate surface area is 104 Å². The van der Waals surface area contributed by atoms with E-state index in [9.17, 15) is 9.18 Å². The van der Waals surface area contributed by atoms with Crippen LogP contribution in [0.5, 0.6) is 0 Å². The average Bonchev–Trinajstić information content (AvgIpc) is 2.32. The number of carbonyl (C=O) groups excluding carboxylic acids is 1. The van der Waals surface area contributed by atoms with E-state index in [0.29, 0.717) is 11.4 Å². The van der Waals surface area contributed by atoms with E-state index < -0.39 is 11.7 Å². The molecule has 2 aromatic heterocycles. The second kappa shape index (κ2) is 4.91. The lowest BCUT2D eigenvalue weighted by Gasteiger charge is -2.05. The number of halogens is 1. The van der Waals surface area contributed by atoms with Crippen LogP contribution in [0.3, 0.4) is 0 Å². The average molecular weight is 245 g/mol. The van der Waals surface area contributed by atoms with Gasteiger partial charge in [-0.15, -0.1) is 0 Å². The number of nitrogens with zero attached hydrogens (tertiary/aromatic N) is 2. The summed E-state index contributed by atoms with van der Waals surface area (Å²) < 4.78 is 13.0. The topological polar surface area (TPSA) is 54.9 Å². The van der Waals surface area contributed by atoms with Gasteiger partial charge in [0.05, 0.1) is 6.20 Å². The van der Waals surface area contributed by atoms with Crippen LogP contribution < -0.4 is 5.32 Å². The molecule has 18 heavy (non-hydrogen) atoms. The molecule has 0 fully saturated rings. The number of anilines is 1. The smallest absolute Gasteiger partial charge is 0.275 e. The van der Waals surface area contributed by atoms with Crippen LogP contribution in [0.1, 0.15) is 21.7 Å². The second-order valence-corrected chi connectivity index (χ2v) is 3.94. The SMILES string of the molecule is Cc1cccc(NC(=O)c2cc(C)c(F)cn2)n1. The zero-order valence-electron chi connectivity index (χ0n) is 10.1. The van der Waals surface area contributed by atoms with Crippen LogP contribution in [0, 0.1) is 19.7 Å². The van der Waals surface area contributed by atoms with E-state index in [1.807, 2.05) is 13.0 Å². The lowest BCUT2D eigenvalue weighted by Crippen LogP contribution is -2.15. The largest absolute Gasteiger partial charge is 0.305 e. The van der Waals surface area contributed by atoms with Crippen LogP contribution in [0.2, 0.25) is 0 Å². The standard InChI is InChI=1S/C13H12FN3O/c1-8-6-11(15-7-10(8)14)13(18)17-12-5-3-4-9(2)16-12/h3-7H,1-2H3,(H,16,17,18). The van der Waals surface area contributed by atoms with Crippen molar-refractivity contribution in [3.8, 4) is 0 Å². The number of aromatic nitrogens is 2. The molecule has 1 amide bonds. The summed E-state index contributed by atoms with van der Waals surface area (Å²) in [6.07, 6.45) is 1.04. The number of hydrogen-bond donors (Lipinski definition) is 1. The Morgan fingerprint density at radius 3 is 2.78 bits per heavy atom. The van der Waals surface area contributed by atoms with Gasteiger partial charge in [-0.3, -0.25) is 4.79 Å². The lowest BCUT2D eigenvalue weighted by atomic mass is 10.2. The highest BCUT2D eigenvalue weighted by molar-refractivity contribution is 6.02. The highest BCUT2D eigenvalue weighted by Gasteiger charge is 2.10. The predicted octanol–water partition coefficient (Wildman–Crippen LogP) is 2.48. The van der Waals surface area contributed by atoms with Gasteiger partial charge in [-0.25, -0.2) is 14.4 Å². The molecular weight excluding hydrogens is 233 g/mol. The Morgan fingerprint density at radius 2 is 2.11 bits per heavy atom. The van der Waals surface area contributed by atoms with Gasteiger partial charge in [0.2, 0.25) is 0 Å². The number of pyridine rings is 2. The highest BCUT2D eigenvalue weighted by Crippen LogP contribution is 2.09. The third kappa shape index (κ3) is 2.68. The van der Waals surface area contributed by atoms with Gasteiger partial charge in [-0.1, -0.05) is 6.07 Å². The van der Waals surface area contributed by atoms with E-state index >= 15 is 0 Å². The van der Waals surface area contributed by atoms with E-state index in [1.165, 1.54) is 6.07 Å². The van der Waals surface area contributed by atoms with E-state index in [0.717, 1.165) is 11.9 Å². The number of nitrogens with one attached hydrogen (secondary N) is 1. The van der Waals surface area contributed by atoms with Crippen LogP contribution >= 0.6 is 0 Å². The molecular formula is C13H12FN3O. The van der Waals surface area contributed by atoms with Gasteiger partial charge in [0, 0.05) is 5.69 Å². The van der Waals surface area contributed by atoms with Gasteiger partial charge >= 0.3 is 0 Å². The van der Waals surface area contributed by atoms with Crippen LogP contribution in [-0.4, -0.2) is 15.9 Å². The molecule has 2 rings (SSSR count). The zero-order valence-corrected chi connectivity index (χ0v) is 10.1. The molecule has 0 bridgehead atoms. The molecule has 0 radical (unpaired) electrons. The van der Waals surface area contributed by atoms with Gasteiger partial charge in [-0.05, 0) is 37.6 Å². The predicted molar refractivity (Wildman–Crippen MR) is 65.9 cm³/mol. The summed E-state index contributed by atoms with van der Waals surface area (Å²) in [6, 6.07) is 6.71. The molecule has 0 aliphatic rings. The molecule has 0 aliphatic heterocycles. The van der Waals surface area contributed by atoms with E-state index in [1.54, 1.807) is 19.1 Å². The maximum atomic E-state index is 13.0. The molecule has 0 aliphatic carbocycles. The Hall–Kier alpha value is -2.30. The van der Waals surface area contributed by atoms with Gasteiger partial charge in [0.25, 0.3) is 5.91 Å². The normalized spacial score (nSPS) is 10.2. The van der Waals surface area contributed by atoms with Crippen molar-refractivity contribution in [1.29, 1.82) is 0 Å². The molecule has 92 valence electrons. The Kier molecular flexibility index (Phi) is 3.32. The second-order valence-electron chi connectivity index (χ2n) is 3.94. The summed E-state index contributed by atoms with van der Waals surface area (Å²) in [5.41, 5.74) is 1.35. The summed E-state index contributed by atoms with van der Waals surface area (Å²) in [6.45, 7) is 3.41. The van der Waals surface area contributed by atoms with Crippen LogP contribution in [0.4, 0.5) is 10.2 Å². The molecule has 0 spiro atoms. The molecule has 2 heterocycles. The fourth-order valence-electron chi connectivity index (χ4n) is 1.46. The van der Waals surface area contributed by atoms with Crippen molar-refractivity contribution >= 4 is 11.7 Å². The molecule has 5 heteroatoms. The highest BCUT2D eigenvalue weighted by atomic mass is 19.1. The summed E-state index contributed by atoms with van der Waals surface area (Å²) in [7, 11) is 0. The summed E-state index contributed by atoms with van der Waals surface area (Å²) in [5.74, 6) is -0.389. The molecule has 2 aromatic rings. The molecule has 1 N–H and O–H groups in total. The van der Waals surface area contributed by atoms with Crippen LogP contribution in [0.25, 0.3) is 0 Å². The molecule has 0 saturated carbocycles. The minimum Gasteiger partial charge on any atom is -0.305 e. The maximum absolute atomic E-state index is 13.0. The number of hydrogen-bond acceptors (Lipinski definition) is 3. The van der Waals surface area contributed by atoms with Crippen molar-refractivity contribution in [3.05, 3.63) is 53.2 Å². The van der Waals surface area contributed by atoms with Crippen molar-refractivity contribution < 1.29 is 9.18 Å². The van der Waals surface area contributed by atoms with Crippen molar-refractivity contribution in [2.45, 2.75) is 13.8 Å². The van der Waals surface area contributed by atoms with E-state index in [-0.39, 0.29) is 5.69 Å². The fraction of sp³-hybridized carbons (Fsp3) is 0.154. The first-order chi connectivity index (χ1) is 8.56. The van der Waals surface area contributed by atoms with Crippen LogP contribution in [0.15, 0.2) is 30.5 Å². The van der Waals surface area contributed by atoms with Crippen molar-refractivity contribution in [3.63, 3.8) is 0 Å². The Balaban J connectivity index is 2.19. The van der Waals surface area contributed by atoms with Gasteiger partial charge < -0.3 is 5.32 Å². The Bertz CT molecular complexity index is 599. The lowest BCUT2D eigenvalue weighted by molar-refractivity contribution is 0.102. The van der Waals surface area contributed by atoms with Crippen molar-refractivity contribution in [2.24, 2.45) is 0 Å². The van der Waals surface area contributed by atoms with Crippen molar-refractivity contribution in [2.75, 3.05) is 5.32 Å². The third-order valence-electron chi connectivity index (χ3n) is 2.41. The van der Waals surface area contributed by atoms with E-state index in [2.05, 4.69) is 15.3 Å². The quantitative estimate of drug-likeness (QED) is 0.884. The minimum atomic E-state index is -0.430. The number of aryl methyl sites for hydroxylation is 2. The summed E-state index contributed by atoms with van der Waals surface area (Å²) in [4.78, 5) is 19.7. The molecule has 0 aromatic carbocycles. The van der Waals surface area contributed by atoms with Crippen LogP contribution in [-0.2, 0) is 0 Å². The van der Waals surface area contributed by atoms with Gasteiger partial charge in [0.1, 0.15) is 17.3 Å². The molecule has 0 unspecified atom stereocenters. The van der Waals surface area contributed by atoms with Gasteiger partial charge in [0.15, 0.2) is 0 Å².